The van der Waals surface area contributed by atoms with Crippen LogP contribution in [0.4, 0.5) is 0 Å². The first kappa shape index (κ1) is 21.6. The minimum absolute atomic E-state index is 0.180. The summed E-state index contributed by atoms with van der Waals surface area (Å²) in [5, 5.41) is 9.36. The number of imidazole rings is 1. The van der Waals surface area contributed by atoms with Crippen molar-refractivity contribution >= 4 is 11.0 Å². The predicted octanol–water partition coefficient (Wildman–Crippen LogP) is 4.26. The molecule has 1 unspecified atom stereocenters. The molecule has 0 radical (unpaired) electrons. The molecule has 36 heavy (non-hydrogen) atoms. The molecule has 3 aliphatic rings. The van der Waals surface area contributed by atoms with Gasteiger partial charge >= 0.3 is 0 Å². The maximum atomic E-state index is 9.36. The average Bonchev–Trinajstić information content (AvgIpc) is 3.41. The summed E-state index contributed by atoms with van der Waals surface area (Å²) >= 11 is 0. The van der Waals surface area contributed by atoms with E-state index in [0.29, 0.717) is 12.1 Å². The van der Waals surface area contributed by atoms with Crippen LogP contribution >= 0.6 is 0 Å². The van der Waals surface area contributed by atoms with Gasteiger partial charge in [-0.1, -0.05) is 18.2 Å². The molecule has 1 spiro atoms. The fraction of sp³-hybridized carbons (Fsp3) is 0.357. The van der Waals surface area contributed by atoms with Crippen LogP contribution in [0.3, 0.4) is 0 Å². The Morgan fingerprint density at radius 3 is 2.86 bits per heavy atom. The Kier molecular flexibility index (Phi) is 4.93. The molecule has 1 saturated carbocycles. The number of hydrogen-bond acceptors (Lipinski definition) is 7. The molecule has 180 valence electrons. The second-order valence-electron chi connectivity index (χ2n) is 10.4. The minimum atomic E-state index is -0.368. The zero-order valence-electron chi connectivity index (χ0n) is 19.9. The predicted molar refractivity (Wildman–Crippen MR) is 132 cm³/mol. The lowest BCUT2D eigenvalue weighted by Gasteiger charge is -2.49. The Labute approximate surface area is 209 Å². The van der Waals surface area contributed by atoms with E-state index in [-0.39, 0.29) is 17.6 Å². The van der Waals surface area contributed by atoms with Crippen LogP contribution in [-0.4, -0.2) is 48.6 Å². The highest BCUT2D eigenvalue weighted by Crippen LogP contribution is 2.51. The zero-order valence-corrected chi connectivity index (χ0v) is 19.9. The summed E-state index contributed by atoms with van der Waals surface area (Å²) in [4.78, 5) is 15.2. The normalized spacial score (nSPS) is 27.2. The van der Waals surface area contributed by atoms with E-state index in [4.69, 9.17) is 9.47 Å². The van der Waals surface area contributed by atoms with Crippen molar-refractivity contribution in [2.75, 3.05) is 6.54 Å². The molecule has 8 heteroatoms. The highest BCUT2D eigenvalue weighted by molar-refractivity contribution is 5.77. The quantitative estimate of drug-likeness (QED) is 0.423. The summed E-state index contributed by atoms with van der Waals surface area (Å²) in [6, 6.07) is 16.4. The standard InChI is InChI=1S/C28H26N6O2/c29-11-20-5-6-24-25(10-20)34(19-32-24)17-28-8-2-7-27(15-28)16-33(26(35-27)36-28)14-21-3-1-4-22(9-21)23-12-30-18-31-13-23/h1,3-6,9-10,12-13,18-19,26H,2,7-8,14-17H2/t26?,27-,28-/m0/s1. The maximum Gasteiger partial charge on any atom is 0.220 e. The Morgan fingerprint density at radius 1 is 1.06 bits per heavy atom. The molecule has 2 aromatic carbocycles. The van der Waals surface area contributed by atoms with Crippen LogP contribution in [0.25, 0.3) is 22.2 Å². The van der Waals surface area contributed by atoms with Gasteiger partial charge in [-0.2, -0.15) is 5.26 Å². The molecule has 2 aromatic heterocycles. The maximum absolute atomic E-state index is 9.36. The van der Waals surface area contributed by atoms with Crippen LogP contribution in [0.2, 0.25) is 0 Å². The van der Waals surface area contributed by atoms with Crippen molar-refractivity contribution in [3.8, 4) is 17.2 Å². The molecule has 3 fully saturated rings. The monoisotopic (exact) mass is 478 g/mol. The summed E-state index contributed by atoms with van der Waals surface area (Å²) < 4.78 is 15.5. The molecule has 0 amide bonds. The first-order chi connectivity index (χ1) is 17.6. The van der Waals surface area contributed by atoms with Gasteiger partial charge in [-0.25, -0.2) is 19.9 Å². The van der Waals surface area contributed by atoms with Crippen LogP contribution in [-0.2, 0) is 22.6 Å². The third kappa shape index (κ3) is 3.68. The first-order valence-corrected chi connectivity index (χ1v) is 12.4. The number of aromatic nitrogens is 4. The van der Waals surface area contributed by atoms with E-state index in [2.05, 4.69) is 54.8 Å². The van der Waals surface area contributed by atoms with Gasteiger partial charge in [0.15, 0.2) is 0 Å². The van der Waals surface area contributed by atoms with Crippen LogP contribution in [0.5, 0.6) is 0 Å². The molecule has 4 aromatic rings. The molecule has 0 N–H and O–H groups in total. The van der Waals surface area contributed by atoms with Gasteiger partial charge in [-0.15, -0.1) is 0 Å². The third-order valence-corrected chi connectivity index (χ3v) is 7.82. The lowest BCUT2D eigenvalue weighted by atomic mass is 9.74. The lowest BCUT2D eigenvalue weighted by molar-refractivity contribution is -0.326. The Bertz CT molecular complexity index is 1480. The van der Waals surface area contributed by atoms with Crippen LogP contribution in [0, 0.1) is 11.3 Å². The highest BCUT2D eigenvalue weighted by atomic mass is 16.7. The zero-order chi connectivity index (χ0) is 24.2. The fourth-order valence-corrected chi connectivity index (χ4v) is 6.31. The van der Waals surface area contributed by atoms with E-state index in [9.17, 15) is 5.26 Å². The SMILES string of the molecule is N#Cc1ccc2ncn(C[C@@]34CCC[C@@]5(CN(Cc6cccc(-c7cncnc7)c6)C(O5)O3)C4)c2c1. The topological polar surface area (TPSA) is 89.1 Å². The number of nitriles is 1. The largest absolute Gasteiger partial charge is 0.331 e. The summed E-state index contributed by atoms with van der Waals surface area (Å²) in [5.41, 5.74) is 5.35. The molecule has 2 aliphatic heterocycles. The van der Waals surface area contributed by atoms with Gasteiger partial charge in [0.25, 0.3) is 0 Å². The lowest BCUT2D eigenvalue weighted by Crippen LogP contribution is -2.55. The third-order valence-electron chi connectivity index (χ3n) is 7.82. The van der Waals surface area contributed by atoms with Crippen molar-refractivity contribution in [1.82, 2.24) is 24.4 Å². The Hall–Kier alpha value is -3.64. The summed E-state index contributed by atoms with van der Waals surface area (Å²) in [5.74, 6) is 0. The molecular weight excluding hydrogens is 452 g/mol. The number of hydrogen-bond donors (Lipinski definition) is 0. The molecule has 2 saturated heterocycles. The highest BCUT2D eigenvalue weighted by Gasteiger charge is 2.59. The van der Waals surface area contributed by atoms with E-state index in [0.717, 1.165) is 60.9 Å². The molecule has 3 bridgehead atoms. The molecule has 4 heterocycles. The second-order valence-corrected chi connectivity index (χ2v) is 10.4. The minimum Gasteiger partial charge on any atom is -0.331 e. The number of ether oxygens (including phenoxy) is 2. The van der Waals surface area contributed by atoms with Gasteiger partial charge in [0.2, 0.25) is 6.41 Å². The van der Waals surface area contributed by atoms with E-state index >= 15 is 0 Å². The van der Waals surface area contributed by atoms with Crippen molar-refractivity contribution in [1.29, 1.82) is 5.26 Å². The Balaban J connectivity index is 1.15. The number of benzene rings is 2. The van der Waals surface area contributed by atoms with Gasteiger partial charge in [-0.3, -0.25) is 0 Å². The van der Waals surface area contributed by atoms with Crippen LogP contribution in [0.1, 0.15) is 36.8 Å². The summed E-state index contributed by atoms with van der Waals surface area (Å²) in [7, 11) is 0. The van der Waals surface area contributed by atoms with Gasteiger partial charge in [0.1, 0.15) is 6.33 Å². The van der Waals surface area contributed by atoms with Gasteiger partial charge in [-0.05, 0) is 54.7 Å². The average molecular weight is 479 g/mol. The van der Waals surface area contributed by atoms with E-state index in [1.807, 2.05) is 36.9 Å². The number of rotatable bonds is 5. The van der Waals surface area contributed by atoms with Crippen molar-refractivity contribution in [3.05, 3.63) is 78.6 Å². The van der Waals surface area contributed by atoms with Gasteiger partial charge < -0.3 is 14.0 Å². The van der Waals surface area contributed by atoms with Crippen molar-refractivity contribution in [2.45, 2.75) is 56.4 Å². The molecule has 3 atom stereocenters. The summed E-state index contributed by atoms with van der Waals surface area (Å²) in [6.45, 7) is 2.32. The van der Waals surface area contributed by atoms with Crippen LogP contribution in [0.15, 0.2) is 67.5 Å². The number of fused-ring (bicyclic) bond motifs is 3. The van der Waals surface area contributed by atoms with E-state index in [1.54, 1.807) is 6.33 Å². The van der Waals surface area contributed by atoms with Crippen molar-refractivity contribution < 1.29 is 9.47 Å². The number of nitrogens with zero attached hydrogens (tertiary/aromatic N) is 6. The molecule has 8 nitrogen and oxygen atoms in total. The van der Waals surface area contributed by atoms with Crippen molar-refractivity contribution in [3.63, 3.8) is 0 Å². The molecule has 1 aliphatic carbocycles. The second kappa shape index (κ2) is 8.20. The first-order valence-electron chi connectivity index (χ1n) is 12.4. The summed E-state index contributed by atoms with van der Waals surface area (Å²) in [6.07, 6.45) is 10.7. The molecular formula is C28H26N6O2. The Morgan fingerprint density at radius 2 is 1.97 bits per heavy atom. The fourth-order valence-electron chi connectivity index (χ4n) is 6.31. The molecule has 7 rings (SSSR count). The van der Waals surface area contributed by atoms with Gasteiger partial charge in [0.05, 0.1) is 46.7 Å². The van der Waals surface area contributed by atoms with Gasteiger partial charge in [0, 0.05) is 37.5 Å². The van der Waals surface area contributed by atoms with E-state index in [1.165, 1.54) is 5.56 Å². The van der Waals surface area contributed by atoms with E-state index < -0.39 is 0 Å². The smallest absolute Gasteiger partial charge is 0.220 e. The van der Waals surface area contributed by atoms with Crippen LogP contribution < -0.4 is 0 Å². The van der Waals surface area contributed by atoms with Crippen molar-refractivity contribution in [2.24, 2.45) is 0 Å².